The fourth-order valence-electron chi connectivity index (χ4n) is 2.91. The van der Waals surface area contributed by atoms with Crippen LogP contribution >= 0.6 is 15.9 Å². The first-order valence-corrected chi connectivity index (χ1v) is 8.67. The van der Waals surface area contributed by atoms with Gasteiger partial charge in [-0.2, -0.15) is 0 Å². The standard InChI is InChI=1S/C17H26BrNO2/c1-4-19-11-13-9-15(18)17(16(10-13)20-3)21-14-7-5-6-12(2)8-14/h9-10,12,14,19H,4-8,11H2,1-3H3. The molecule has 0 saturated heterocycles. The Balaban J connectivity index is 2.14. The summed E-state index contributed by atoms with van der Waals surface area (Å²) in [5, 5.41) is 3.33. The molecule has 2 rings (SSSR count). The smallest absolute Gasteiger partial charge is 0.175 e. The zero-order valence-corrected chi connectivity index (χ0v) is 14.8. The monoisotopic (exact) mass is 355 g/mol. The first-order valence-electron chi connectivity index (χ1n) is 7.87. The minimum Gasteiger partial charge on any atom is -0.493 e. The predicted molar refractivity (Wildman–Crippen MR) is 90.1 cm³/mol. The van der Waals surface area contributed by atoms with Crippen LogP contribution in [0, 0.1) is 5.92 Å². The predicted octanol–water partition coefficient (Wildman–Crippen LogP) is 4.52. The average molecular weight is 356 g/mol. The molecule has 1 N–H and O–H groups in total. The highest BCUT2D eigenvalue weighted by molar-refractivity contribution is 9.10. The Labute approximate surface area is 136 Å². The molecule has 0 spiro atoms. The van der Waals surface area contributed by atoms with Gasteiger partial charge in [0, 0.05) is 6.54 Å². The number of benzene rings is 1. The van der Waals surface area contributed by atoms with E-state index in [9.17, 15) is 0 Å². The van der Waals surface area contributed by atoms with E-state index in [-0.39, 0.29) is 0 Å². The van der Waals surface area contributed by atoms with Crippen LogP contribution in [0.1, 0.15) is 45.1 Å². The molecule has 21 heavy (non-hydrogen) atoms. The maximum atomic E-state index is 6.25. The molecule has 1 aliphatic carbocycles. The van der Waals surface area contributed by atoms with Crippen molar-refractivity contribution in [3.63, 3.8) is 0 Å². The van der Waals surface area contributed by atoms with E-state index in [0.717, 1.165) is 47.8 Å². The minimum absolute atomic E-state index is 0.304. The van der Waals surface area contributed by atoms with Crippen molar-refractivity contribution in [2.75, 3.05) is 13.7 Å². The fraction of sp³-hybridized carbons (Fsp3) is 0.647. The van der Waals surface area contributed by atoms with Gasteiger partial charge in [-0.3, -0.25) is 0 Å². The second kappa shape index (κ2) is 8.04. The van der Waals surface area contributed by atoms with E-state index in [1.807, 2.05) is 0 Å². The molecule has 3 nitrogen and oxygen atoms in total. The van der Waals surface area contributed by atoms with Gasteiger partial charge in [0.25, 0.3) is 0 Å². The van der Waals surface area contributed by atoms with Gasteiger partial charge in [-0.15, -0.1) is 0 Å². The Bertz CT molecular complexity index is 464. The number of methoxy groups -OCH3 is 1. The van der Waals surface area contributed by atoms with Crippen LogP contribution in [0.3, 0.4) is 0 Å². The molecule has 0 radical (unpaired) electrons. The molecule has 0 amide bonds. The van der Waals surface area contributed by atoms with Crippen LogP contribution in [0.4, 0.5) is 0 Å². The van der Waals surface area contributed by atoms with Gasteiger partial charge in [-0.05, 0) is 65.4 Å². The third-order valence-corrected chi connectivity index (χ3v) is 4.63. The minimum atomic E-state index is 0.304. The van der Waals surface area contributed by atoms with E-state index in [2.05, 4.69) is 47.2 Å². The SMILES string of the molecule is CCNCc1cc(Br)c(OC2CCCC(C)C2)c(OC)c1. The van der Waals surface area contributed by atoms with Crippen LogP contribution in [0.25, 0.3) is 0 Å². The van der Waals surface area contributed by atoms with Crippen molar-refractivity contribution in [1.82, 2.24) is 5.32 Å². The summed E-state index contributed by atoms with van der Waals surface area (Å²) in [7, 11) is 1.70. The average Bonchev–Trinajstić information content (AvgIpc) is 2.47. The molecule has 0 aliphatic heterocycles. The number of rotatable bonds is 6. The maximum absolute atomic E-state index is 6.25. The Morgan fingerprint density at radius 3 is 2.81 bits per heavy atom. The first-order chi connectivity index (χ1) is 10.1. The van der Waals surface area contributed by atoms with Gasteiger partial charge in [-0.25, -0.2) is 0 Å². The highest BCUT2D eigenvalue weighted by atomic mass is 79.9. The number of halogens is 1. The van der Waals surface area contributed by atoms with Crippen LogP contribution in [0.2, 0.25) is 0 Å². The highest BCUT2D eigenvalue weighted by Crippen LogP contribution is 2.39. The molecule has 0 aromatic heterocycles. The second-order valence-corrected chi connectivity index (χ2v) is 6.76. The maximum Gasteiger partial charge on any atom is 0.175 e. The molecule has 2 atom stereocenters. The van der Waals surface area contributed by atoms with Gasteiger partial charge in [-0.1, -0.05) is 20.3 Å². The molecule has 1 aromatic rings. The van der Waals surface area contributed by atoms with E-state index in [0.29, 0.717) is 6.10 Å². The number of hydrogen-bond acceptors (Lipinski definition) is 3. The number of ether oxygens (including phenoxy) is 2. The van der Waals surface area contributed by atoms with Gasteiger partial charge in [0.2, 0.25) is 0 Å². The van der Waals surface area contributed by atoms with Crippen molar-refractivity contribution < 1.29 is 9.47 Å². The molecule has 1 aliphatic rings. The summed E-state index contributed by atoms with van der Waals surface area (Å²) in [5.74, 6) is 2.41. The summed E-state index contributed by atoms with van der Waals surface area (Å²) < 4.78 is 12.8. The second-order valence-electron chi connectivity index (χ2n) is 5.90. The highest BCUT2D eigenvalue weighted by Gasteiger charge is 2.23. The zero-order valence-electron chi connectivity index (χ0n) is 13.2. The molecule has 1 fully saturated rings. The molecule has 4 heteroatoms. The summed E-state index contributed by atoms with van der Waals surface area (Å²) >= 11 is 3.64. The largest absolute Gasteiger partial charge is 0.493 e. The van der Waals surface area contributed by atoms with Crippen molar-refractivity contribution in [2.24, 2.45) is 5.92 Å². The Kier molecular flexibility index (Phi) is 6.37. The lowest BCUT2D eigenvalue weighted by Gasteiger charge is -2.28. The van der Waals surface area contributed by atoms with E-state index < -0.39 is 0 Å². The van der Waals surface area contributed by atoms with Gasteiger partial charge in [0.1, 0.15) is 0 Å². The Morgan fingerprint density at radius 1 is 1.33 bits per heavy atom. The van der Waals surface area contributed by atoms with Gasteiger partial charge in [0.05, 0.1) is 17.7 Å². The summed E-state index contributed by atoms with van der Waals surface area (Å²) in [5.41, 5.74) is 1.20. The molecule has 0 bridgehead atoms. The Morgan fingerprint density at radius 2 is 2.14 bits per heavy atom. The quantitative estimate of drug-likeness (QED) is 0.813. The number of hydrogen-bond donors (Lipinski definition) is 1. The topological polar surface area (TPSA) is 30.5 Å². The third-order valence-electron chi connectivity index (χ3n) is 4.04. The number of nitrogens with one attached hydrogen (secondary N) is 1. The lowest BCUT2D eigenvalue weighted by Crippen LogP contribution is -2.24. The lowest BCUT2D eigenvalue weighted by atomic mass is 9.89. The normalized spacial score (nSPS) is 22.1. The molecular formula is C17H26BrNO2. The molecule has 118 valence electrons. The molecule has 0 heterocycles. The van der Waals surface area contributed by atoms with Crippen molar-refractivity contribution in [3.05, 3.63) is 22.2 Å². The van der Waals surface area contributed by atoms with Crippen LogP contribution < -0.4 is 14.8 Å². The van der Waals surface area contributed by atoms with E-state index in [1.54, 1.807) is 7.11 Å². The van der Waals surface area contributed by atoms with Crippen LogP contribution in [-0.4, -0.2) is 19.8 Å². The summed E-state index contributed by atoms with van der Waals surface area (Å²) in [6.07, 6.45) is 5.15. The summed E-state index contributed by atoms with van der Waals surface area (Å²) in [6, 6.07) is 4.18. The first kappa shape index (κ1) is 16.6. The molecule has 1 saturated carbocycles. The lowest BCUT2D eigenvalue weighted by molar-refractivity contribution is 0.124. The van der Waals surface area contributed by atoms with Gasteiger partial charge in [0.15, 0.2) is 11.5 Å². The van der Waals surface area contributed by atoms with E-state index >= 15 is 0 Å². The van der Waals surface area contributed by atoms with Crippen LogP contribution in [-0.2, 0) is 6.54 Å². The summed E-state index contributed by atoms with van der Waals surface area (Å²) in [6.45, 7) is 6.21. The van der Waals surface area contributed by atoms with E-state index in [1.165, 1.54) is 18.4 Å². The zero-order chi connectivity index (χ0) is 15.2. The Hall–Kier alpha value is -0.740. The van der Waals surface area contributed by atoms with Crippen molar-refractivity contribution in [2.45, 2.75) is 52.2 Å². The summed E-state index contributed by atoms with van der Waals surface area (Å²) in [4.78, 5) is 0. The van der Waals surface area contributed by atoms with Gasteiger partial charge < -0.3 is 14.8 Å². The fourth-order valence-corrected chi connectivity index (χ4v) is 3.49. The van der Waals surface area contributed by atoms with E-state index in [4.69, 9.17) is 9.47 Å². The molecular weight excluding hydrogens is 330 g/mol. The van der Waals surface area contributed by atoms with Crippen molar-refractivity contribution in [3.8, 4) is 11.5 Å². The van der Waals surface area contributed by atoms with Gasteiger partial charge >= 0.3 is 0 Å². The van der Waals surface area contributed by atoms with Crippen LogP contribution in [0.5, 0.6) is 11.5 Å². The molecule has 2 unspecified atom stereocenters. The van der Waals surface area contributed by atoms with Crippen LogP contribution in [0.15, 0.2) is 16.6 Å². The third kappa shape index (κ3) is 4.62. The molecule has 1 aromatic carbocycles. The van der Waals surface area contributed by atoms with Crippen molar-refractivity contribution >= 4 is 15.9 Å². The van der Waals surface area contributed by atoms with Crippen molar-refractivity contribution in [1.29, 1.82) is 0 Å².